The Morgan fingerprint density at radius 1 is 1.36 bits per heavy atom. The highest BCUT2D eigenvalue weighted by Crippen LogP contribution is 2.30. The van der Waals surface area contributed by atoms with Crippen LogP contribution in [-0.4, -0.2) is 29.8 Å². The number of aryl methyl sites for hydroxylation is 1. The van der Waals surface area contributed by atoms with Crippen LogP contribution in [0.2, 0.25) is 5.02 Å². The van der Waals surface area contributed by atoms with Crippen LogP contribution in [0.4, 0.5) is 0 Å². The molecular formula is C16H14ClN3OS. The molecular weight excluding hydrogens is 318 g/mol. The van der Waals surface area contributed by atoms with E-state index in [0.29, 0.717) is 15.6 Å². The third kappa shape index (κ3) is 3.53. The van der Waals surface area contributed by atoms with Crippen molar-refractivity contribution in [1.82, 2.24) is 9.88 Å². The van der Waals surface area contributed by atoms with Gasteiger partial charge >= 0.3 is 0 Å². The van der Waals surface area contributed by atoms with Gasteiger partial charge in [-0.1, -0.05) is 23.7 Å². The molecule has 0 atom stereocenters. The second-order valence-corrected chi connectivity index (χ2v) is 6.32. The minimum atomic E-state index is -0.300. The minimum Gasteiger partial charge on any atom is -0.382 e. The van der Waals surface area contributed by atoms with Gasteiger partial charge in [-0.05, 0) is 19.1 Å². The van der Waals surface area contributed by atoms with Gasteiger partial charge in [0.05, 0.1) is 10.6 Å². The van der Waals surface area contributed by atoms with Gasteiger partial charge < -0.3 is 4.90 Å². The van der Waals surface area contributed by atoms with E-state index in [1.165, 1.54) is 17.5 Å². The molecule has 0 radical (unpaired) electrons. The Morgan fingerprint density at radius 3 is 2.55 bits per heavy atom. The minimum absolute atomic E-state index is 0.0967. The van der Waals surface area contributed by atoms with Crippen molar-refractivity contribution in [3.05, 3.63) is 51.6 Å². The van der Waals surface area contributed by atoms with Crippen molar-refractivity contribution < 1.29 is 4.79 Å². The van der Waals surface area contributed by atoms with E-state index in [1.807, 2.05) is 18.2 Å². The summed E-state index contributed by atoms with van der Waals surface area (Å²) in [5, 5.41) is 10.5. The first-order valence-electron chi connectivity index (χ1n) is 6.48. The molecule has 0 spiro atoms. The number of ketones is 1. The Bertz CT molecular complexity index is 770. The molecule has 1 aromatic carbocycles. The Balaban J connectivity index is 2.40. The SMILES string of the molecule is Cc1nc(-c2ccc(Cl)cc2)sc1C(=O)/C(C#N)=C/N(C)C. The fourth-order valence-corrected chi connectivity index (χ4v) is 2.99. The molecule has 0 aliphatic carbocycles. The number of nitriles is 1. The summed E-state index contributed by atoms with van der Waals surface area (Å²) in [7, 11) is 3.53. The van der Waals surface area contributed by atoms with E-state index in [-0.39, 0.29) is 11.4 Å². The van der Waals surface area contributed by atoms with Crippen molar-refractivity contribution in [2.24, 2.45) is 0 Å². The number of allylic oxidation sites excluding steroid dienone is 1. The second kappa shape index (κ2) is 6.73. The van der Waals surface area contributed by atoms with E-state index in [9.17, 15) is 4.79 Å². The molecule has 22 heavy (non-hydrogen) atoms. The molecule has 0 saturated heterocycles. The van der Waals surface area contributed by atoms with Crippen LogP contribution in [0, 0.1) is 18.3 Å². The molecule has 0 N–H and O–H groups in total. The van der Waals surface area contributed by atoms with Gasteiger partial charge in [0.25, 0.3) is 0 Å². The van der Waals surface area contributed by atoms with Gasteiger partial charge in [-0.25, -0.2) is 4.98 Å². The van der Waals surface area contributed by atoms with Crippen LogP contribution in [0.1, 0.15) is 15.4 Å². The lowest BCUT2D eigenvalue weighted by Crippen LogP contribution is -2.08. The lowest BCUT2D eigenvalue weighted by molar-refractivity contribution is 0.104. The topological polar surface area (TPSA) is 57.0 Å². The molecule has 1 heterocycles. The van der Waals surface area contributed by atoms with Gasteiger partial charge in [-0.15, -0.1) is 11.3 Å². The zero-order valence-electron chi connectivity index (χ0n) is 12.4. The fraction of sp³-hybridized carbons (Fsp3) is 0.188. The van der Waals surface area contributed by atoms with E-state index in [1.54, 1.807) is 38.1 Å². The van der Waals surface area contributed by atoms with E-state index in [2.05, 4.69) is 4.98 Å². The molecule has 0 unspecified atom stereocenters. The molecule has 0 saturated carbocycles. The maximum absolute atomic E-state index is 12.5. The molecule has 6 heteroatoms. The van der Waals surface area contributed by atoms with Crippen LogP contribution in [0.3, 0.4) is 0 Å². The summed E-state index contributed by atoms with van der Waals surface area (Å²) in [6.07, 6.45) is 1.52. The Morgan fingerprint density at radius 2 is 2.00 bits per heavy atom. The monoisotopic (exact) mass is 331 g/mol. The summed E-state index contributed by atoms with van der Waals surface area (Å²) >= 11 is 7.16. The van der Waals surface area contributed by atoms with Crippen LogP contribution in [-0.2, 0) is 0 Å². The smallest absolute Gasteiger partial charge is 0.216 e. The van der Waals surface area contributed by atoms with Crippen LogP contribution in [0.25, 0.3) is 10.6 Å². The molecule has 4 nitrogen and oxygen atoms in total. The summed E-state index contributed by atoms with van der Waals surface area (Å²) in [4.78, 5) is 19.1. The van der Waals surface area contributed by atoms with E-state index < -0.39 is 0 Å². The molecule has 0 aliphatic heterocycles. The lowest BCUT2D eigenvalue weighted by atomic mass is 10.1. The molecule has 0 fully saturated rings. The highest BCUT2D eigenvalue weighted by Gasteiger charge is 2.20. The molecule has 1 aromatic heterocycles. The molecule has 2 rings (SSSR count). The van der Waals surface area contributed by atoms with Gasteiger partial charge in [0.2, 0.25) is 5.78 Å². The summed E-state index contributed by atoms with van der Waals surface area (Å²) in [5.41, 5.74) is 1.62. The maximum atomic E-state index is 12.5. The van der Waals surface area contributed by atoms with Gasteiger partial charge in [0, 0.05) is 30.9 Å². The largest absolute Gasteiger partial charge is 0.382 e. The molecule has 2 aromatic rings. The van der Waals surface area contributed by atoms with Crippen molar-refractivity contribution in [1.29, 1.82) is 5.26 Å². The normalized spacial score (nSPS) is 11.1. The summed E-state index contributed by atoms with van der Waals surface area (Å²) in [6.45, 7) is 1.77. The van der Waals surface area contributed by atoms with Crippen molar-refractivity contribution in [2.75, 3.05) is 14.1 Å². The first kappa shape index (κ1) is 16.2. The Labute approximate surface area is 138 Å². The van der Waals surface area contributed by atoms with Crippen LogP contribution < -0.4 is 0 Å². The number of carbonyl (C=O) groups is 1. The number of rotatable bonds is 4. The number of hydrogen-bond donors (Lipinski definition) is 0. The van der Waals surface area contributed by atoms with Crippen molar-refractivity contribution in [3.63, 3.8) is 0 Å². The molecule has 0 amide bonds. The third-order valence-corrected chi connectivity index (χ3v) is 4.30. The van der Waals surface area contributed by atoms with Crippen LogP contribution in [0.5, 0.6) is 0 Å². The van der Waals surface area contributed by atoms with Crippen molar-refractivity contribution in [2.45, 2.75) is 6.92 Å². The number of thiazole rings is 1. The number of nitrogens with zero attached hydrogens (tertiary/aromatic N) is 3. The number of Topliss-reactive ketones (excluding diaryl/α,β-unsaturated/α-hetero) is 1. The predicted molar refractivity (Wildman–Crippen MR) is 89.0 cm³/mol. The summed E-state index contributed by atoms with van der Waals surface area (Å²) < 4.78 is 0. The zero-order chi connectivity index (χ0) is 16.3. The highest BCUT2D eigenvalue weighted by atomic mass is 35.5. The van der Waals surface area contributed by atoms with E-state index in [4.69, 9.17) is 16.9 Å². The Kier molecular flexibility index (Phi) is 4.96. The quantitative estimate of drug-likeness (QED) is 0.484. The van der Waals surface area contributed by atoms with Crippen molar-refractivity contribution in [3.8, 4) is 16.6 Å². The predicted octanol–water partition coefficient (Wildman–Crippen LogP) is 3.92. The van der Waals surface area contributed by atoms with Crippen LogP contribution in [0.15, 0.2) is 36.0 Å². The first-order chi connectivity index (χ1) is 10.4. The number of benzene rings is 1. The number of halogens is 1. The average molecular weight is 332 g/mol. The maximum Gasteiger partial charge on any atom is 0.216 e. The van der Waals surface area contributed by atoms with Crippen molar-refractivity contribution >= 4 is 28.7 Å². The lowest BCUT2D eigenvalue weighted by Gasteiger charge is -2.05. The van der Waals surface area contributed by atoms with Crippen LogP contribution >= 0.6 is 22.9 Å². The zero-order valence-corrected chi connectivity index (χ0v) is 14.0. The van der Waals surface area contributed by atoms with Gasteiger partial charge in [-0.3, -0.25) is 4.79 Å². The Hall–Kier alpha value is -2.16. The number of carbonyl (C=O) groups excluding carboxylic acids is 1. The fourth-order valence-electron chi connectivity index (χ4n) is 1.84. The summed E-state index contributed by atoms with van der Waals surface area (Å²) in [5.74, 6) is -0.300. The van der Waals surface area contributed by atoms with Gasteiger partial charge in [0.15, 0.2) is 0 Å². The van der Waals surface area contributed by atoms with Gasteiger partial charge in [-0.2, -0.15) is 5.26 Å². The molecule has 0 bridgehead atoms. The highest BCUT2D eigenvalue weighted by molar-refractivity contribution is 7.17. The average Bonchev–Trinajstić information content (AvgIpc) is 2.86. The summed E-state index contributed by atoms with van der Waals surface area (Å²) in [6, 6.07) is 9.22. The molecule has 0 aliphatic rings. The second-order valence-electron chi connectivity index (χ2n) is 4.89. The van der Waals surface area contributed by atoms with E-state index >= 15 is 0 Å². The number of hydrogen-bond acceptors (Lipinski definition) is 5. The standard InChI is InChI=1S/C16H14ClN3OS/c1-10-15(14(21)12(8-18)9-20(2)3)22-16(19-10)11-4-6-13(17)7-5-11/h4-7,9H,1-3H3/b12-9+. The number of aromatic nitrogens is 1. The first-order valence-corrected chi connectivity index (χ1v) is 7.68. The molecule has 112 valence electrons. The third-order valence-electron chi connectivity index (χ3n) is 2.85. The van der Waals surface area contributed by atoms with E-state index in [0.717, 1.165) is 10.6 Å². The van der Waals surface area contributed by atoms with Gasteiger partial charge in [0.1, 0.15) is 16.6 Å².